The third-order valence-corrected chi connectivity index (χ3v) is 4.45. The standard InChI is InChI=1S/C10H12S3/c1-3-4-7-11-12-8-10-6-5-9(2)13-10/h3-7H,1,8H2,2H3/b7-4-. The number of thiophene rings is 1. The van der Waals surface area contributed by atoms with Crippen molar-refractivity contribution in [2.45, 2.75) is 12.7 Å². The first-order valence-corrected chi connectivity index (χ1v) is 7.14. The molecule has 3 heteroatoms. The van der Waals surface area contributed by atoms with Crippen LogP contribution in [0.5, 0.6) is 0 Å². The summed E-state index contributed by atoms with van der Waals surface area (Å²) in [5, 5.41) is 2.05. The number of rotatable bonds is 5. The molecule has 0 saturated heterocycles. The lowest BCUT2D eigenvalue weighted by molar-refractivity contribution is 1.56. The summed E-state index contributed by atoms with van der Waals surface area (Å²) in [6.45, 7) is 5.75. The van der Waals surface area contributed by atoms with Crippen LogP contribution in [0.1, 0.15) is 9.75 Å². The number of aryl methyl sites for hydroxylation is 1. The molecule has 0 spiro atoms. The van der Waals surface area contributed by atoms with Gasteiger partial charge in [0.15, 0.2) is 0 Å². The Labute approximate surface area is 91.5 Å². The van der Waals surface area contributed by atoms with Crippen molar-refractivity contribution >= 4 is 32.9 Å². The second kappa shape index (κ2) is 6.35. The minimum Gasteiger partial charge on any atom is -0.145 e. The van der Waals surface area contributed by atoms with Crippen LogP contribution in [0.3, 0.4) is 0 Å². The Morgan fingerprint density at radius 2 is 2.38 bits per heavy atom. The molecule has 0 aliphatic heterocycles. The van der Waals surface area contributed by atoms with Gasteiger partial charge < -0.3 is 0 Å². The summed E-state index contributed by atoms with van der Waals surface area (Å²) in [5.41, 5.74) is 0. The fourth-order valence-electron chi connectivity index (χ4n) is 0.782. The van der Waals surface area contributed by atoms with Crippen molar-refractivity contribution in [2.24, 2.45) is 0 Å². The summed E-state index contributed by atoms with van der Waals surface area (Å²) in [7, 11) is 3.61. The number of allylic oxidation sites excluding steroid dienone is 2. The van der Waals surface area contributed by atoms with Crippen LogP contribution in [-0.4, -0.2) is 0 Å². The van der Waals surface area contributed by atoms with Crippen molar-refractivity contribution in [2.75, 3.05) is 0 Å². The van der Waals surface area contributed by atoms with Crippen LogP contribution in [0.4, 0.5) is 0 Å². The second-order valence-electron chi connectivity index (χ2n) is 2.44. The van der Waals surface area contributed by atoms with Gasteiger partial charge in [0.1, 0.15) is 0 Å². The van der Waals surface area contributed by atoms with E-state index in [0.29, 0.717) is 0 Å². The third kappa shape index (κ3) is 4.60. The Kier molecular flexibility index (Phi) is 5.35. The van der Waals surface area contributed by atoms with Crippen molar-refractivity contribution in [1.29, 1.82) is 0 Å². The smallest absolute Gasteiger partial charge is 0.0386 e. The Balaban J connectivity index is 2.20. The highest BCUT2D eigenvalue weighted by molar-refractivity contribution is 8.77. The van der Waals surface area contributed by atoms with Crippen molar-refractivity contribution in [1.82, 2.24) is 0 Å². The van der Waals surface area contributed by atoms with Crippen molar-refractivity contribution < 1.29 is 0 Å². The van der Waals surface area contributed by atoms with E-state index in [1.807, 2.05) is 28.2 Å². The zero-order chi connectivity index (χ0) is 9.52. The predicted molar refractivity (Wildman–Crippen MR) is 67.3 cm³/mol. The van der Waals surface area contributed by atoms with Gasteiger partial charge in [-0.1, -0.05) is 40.3 Å². The molecule has 0 saturated carbocycles. The van der Waals surface area contributed by atoms with Gasteiger partial charge in [-0.3, -0.25) is 0 Å². The van der Waals surface area contributed by atoms with Gasteiger partial charge in [-0.15, -0.1) is 11.3 Å². The van der Waals surface area contributed by atoms with Crippen molar-refractivity contribution in [3.05, 3.63) is 46.0 Å². The van der Waals surface area contributed by atoms with Gasteiger partial charge in [0.2, 0.25) is 0 Å². The van der Waals surface area contributed by atoms with Gasteiger partial charge in [0.25, 0.3) is 0 Å². The van der Waals surface area contributed by atoms with Crippen LogP contribution in [-0.2, 0) is 5.75 Å². The van der Waals surface area contributed by atoms with E-state index in [1.165, 1.54) is 9.75 Å². The van der Waals surface area contributed by atoms with Crippen molar-refractivity contribution in [3.8, 4) is 0 Å². The molecule has 0 atom stereocenters. The van der Waals surface area contributed by atoms with Crippen LogP contribution in [0.15, 0.2) is 36.3 Å². The van der Waals surface area contributed by atoms with Crippen LogP contribution in [0.2, 0.25) is 0 Å². The molecular formula is C10H12S3. The van der Waals surface area contributed by atoms with Gasteiger partial charge >= 0.3 is 0 Å². The topological polar surface area (TPSA) is 0 Å². The average molecular weight is 228 g/mol. The van der Waals surface area contributed by atoms with Gasteiger partial charge in [0.05, 0.1) is 0 Å². The molecule has 1 aromatic rings. The van der Waals surface area contributed by atoms with Gasteiger partial charge in [-0.2, -0.15) is 0 Å². The second-order valence-corrected chi connectivity index (χ2v) is 6.08. The maximum absolute atomic E-state index is 3.61. The first-order chi connectivity index (χ1) is 6.33. The van der Waals surface area contributed by atoms with E-state index in [1.54, 1.807) is 16.9 Å². The van der Waals surface area contributed by atoms with E-state index in [9.17, 15) is 0 Å². The minimum atomic E-state index is 1.09. The monoisotopic (exact) mass is 228 g/mol. The Morgan fingerprint density at radius 1 is 1.54 bits per heavy atom. The highest BCUT2D eigenvalue weighted by Crippen LogP contribution is 2.29. The molecule has 1 aromatic heterocycles. The highest BCUT2D eigenvalue weighted by atomic mass is 33.1. The van der Waals surface area contributed by atoms with Crippen LogP contribution in [0.25, 0.3) is 0 Å². The largest absolute Gasteiger partial charge is 0.145 e. The number of hydrogen-bond acceptors (Lipinski definition) is 3. The first-order valence-electron chi connectivity index (χ1n) is 3.94. The molecule has 0 radical (unpaired) electrons. The molecule has 0 fully saturated rings. The quantitative estimate of drug-likeness (QED) is 0.409. The van der Waals surface area contributed by atoms with E-state index in [0.717, 1.165) is 5.75 Å². The zero-order valence-corrected chi connectivity index (χ0v) is 9.98. The van der Waals surface area contributed by atoms with E-state index in [2.05, 4.69) is 31.0 Å². The summed E-state index contributed by atoms with van der Waals surface area (Å²) in [6, 6.07) is 4.37. The van der Waals surface area contributed by atoms with Crippen LogP contribution < -0.4 is 0 Å². The summed E-state index contributed by atoms with van der Waals surface area (Å²) in [4.78, 5) is 2.84. The van der Waals surface area contributed by atoms with E-state index >= 15 is 0 Å². The molecule has 0 nitrogen and oxygen atoms in total. The molecule has 0 aliphatic carbocycles. The lowest BCUT2D eigenvalue weighted by atomic mass is 10.5. The molecule has 0 aromatic carbocycles. The van der Waals surface area contributed by atoms with Gasteiger partial charge in [-0.25, -0.2) is 0 Å². The first kappa shape index (κ1) is 11.0. The fourth-order valence-corrected chi connectivity index (χ4v) is 3.65. The Morgan fingerprint density at radius 3 is 3.00 bits per heavy atom. The summed E-state index contributed by atoms with van der Waals surface area (Å²) in [6.07, 6.45) is 3.75. The number of hydrogen-bond donors (Lipinski definition) is 0. The summed E-state index contributed by atoms with van der Waals surface area (Å²) < 4.78 is 0. The summed E-state index contributed by atoms with van der Waals surface area (Å²) >= 11 is 1.87. The van der Waals surface area contributed by atoms with E-state index in [4.69, 9.17) is 0 Å². The van der Waals surface area contributed by atoms with Gasteiger partial charge in [0, 0.05) is 15.5 Å². The zero-order valence-electron chi connectivity index (χ0n) is 7.53. The predicted octanol–water partition coefficient (Wildman–Crippen LogP) is 4.64. The van der Waals surface area contributed by atoms with Crippen LogP contribution >= 0.6 is 32.9 Å². The Bertz CT molecular complexity index is 286. The third-order valence-electron chi connectivity index (χ3n) is 1.34. The lowest BCUT2D eigenvalue weighted by Gasteiger charge is -1.92. The van der Waals surface area contributed by atoms with E-state index in [-0.39, 0.29) is 0 Å². The molecule has 70 valence electrons. The molecule has 1 heterocycles. The molecule has 13 heavy (non-hydrogen) atoms. The van der Waals surface area contributed by atoms with Crippen molar-refractivity contribution in [3.63, 3.8) is 0 Å². The highest BCUT2D eigenvalue weighted by Gasteiger charge is 1.95. The molecule has 0 amide bonds. The van der Waals surface area contributed by atoms with Gasteiger partial charge in [-0.05, 0) is 24.5 Å². The SMILES string of the molecule is C=C/C=C\SSCc1ccc(C)s1. The fraction of sp³-hybridized carbons (Fsp3) is 0.200. The molecule has 0 bridgehead atoms. The minimum absolute atomic E-state index is 1.09. The lowest BCUT2D eigenvalue weighted by Crippen LogP contribution is -1.65. The van der Waals surface area contributed by atoms with E-state index < -0.39 is 0 Å². The molecule has 0 N–H and O–H groups in total. The maximum Gasteiger partial charge on any atom is 0.0386 e. The molecular weight excluding hydrogens is 216 g/mol. The molecule has 1 rings (SSSR count). The summed E-state index contributed by atoms with van der Waals surface area (Å²) in [5.74, 6) is 1.09. The molecule has 0 unspecified atom stereocenters. The van der Waals surface area contributed by atoms with Crippen LogP contribution in [0, 0.1) is 6.92 Å². The molecule has 0 aliphatic rings. The Hall–Kier alpha value is -0.120. The average Bonchev–Trinajstić information content (AvgIpc) is 2.51. The maximum atomic E-state index is 3.61. The normalized spacial score (nSPS) is 10.8.